The van der Waals surface area contributed by atoms with Crippen LogP contribution in [0, 0.1) is 17.8 Å². The average molecular weight is 254 g/mol. The van der Waals surface area contributed by atoms with E-state index in [2.05, 4.69) is 31.4 Å². The molecule has 2 amide bonds. The molecule has 104 valence electrons. The molecule has 4 nitrogen and oxygen atoms in total. The van der Waals surface area contributed by atoms with E-state index in [0.717, 1.165) is 32.4 Å². The lowest BCUT2D eigenvalue weighted by atomic mass is 10.1. The second kappa shape index (κ2) is 7.39. The van der Waals surface area contributed by atoms with Crippen LogP contribution in [-0.4, -0.2) is 24.9 Å². The molecule has 0 saturated heterocycles. The summed E-state index contributed by atoms with van der Waals surface area (Å²) in [7, 11) is 0. The molecular formula is C14H26N2O2. The fourth-order valence-corrected chi connectivity index (χ4v) is 1.91. The van der Waals surface area contributed by atoms with Crippen molar-refractivity contribution in [1.82, 2.24) is 10.6 Å². The molecule has 0 radical (unpaired) electrons. The van der Waals surface area contributed by atoms with Crippen molar-refractivity contribution in [3.8, 4) is 0 Å². The van der Waals surface area contributed by atoms with E-state index in [-0.39, 0.29) is 23.7 Å². The van der Waals surface area contributed by atoms with Crippen molar-refractivity contribution in [1.29, 1.82) is 0 Å². The van der Waals surface area contributed by atoms with Crippen LogP contribution in [0.1, 0.15) is 46.5 Å². The molecule has 2 N–H and O–H groups in total. The van der Waals surface area contributed by atoms with E-state index in [9.17, 15) is 9.59 Å². The summed E-state index contributed by atoms with van der Waals surface area (Å²) in [6, 6.07) is 0. The monoisotopic (exact) mass is 254 g/mol. The summed E-state index contributed by atoms with van der Waals surface area (Å²) in [5, 5.41) is 5.79. The van der Waals surface area contributed by atoms with Crippen LogP contribution in [0.5, 0.6) is 0 Å². The van der Waals surface area contributed by atoms with Crippen molar-refractivity contribution >= 4 is 11.8 Å². The third-order valence-electron chi connectivity index (χ3n) is 3.31. The number of amides is 2. The van der Waals surface area contributed by atoms with E-state index in [1.54, 1.807) is 0 Å². The van der Waals surface area contributed by atoms with E-state index in [4.69, 9.17) is 0 Å². The highest BCUT2D eigenvalue weighted by Crippen LogP contribution is 2.38. The second-order valence-electron chi connectivity index (χ2n) is 5.57. The molecule has 0 spiro atoms. The molecule has 1 rings (SSSR count). The van der Waals surface area contributed by atoms with E-state index >= 15 is 0 Å². The van der Waals surface area contributed by atoms with Gasteiger partial charge in [-0.1, -0.05) is 27.2 Å². The average Bonchev–Trinajstić information content (AvgIpc) is 3.08. The Morgan fingerprint density at radius 2 is 1.67 bits per heavy atom. The van der Waals surface area contributed by atoms with Gasteiger partial charge >= 0.3 is 0 Å². The lowest BCUT2D eigenvalue weighted by molar-refractivity contribution is -0.127. The van der Waals surface area contributed by atoms with Gasteiger partial charge < -0.3 is 10.6 Å². The molecular weight excluding hydrogens is 228 g/mol. The molecule has 0 aliphatic heterocycles. The van der Waals surface area contributed by atoms with E-state index < -0.39 is 0 Å². The molecule has 0 aromatic heterocycles. The summed E-state index contributed by atoms with van der Waals surface area (Å²) in [6.07, 6.45) is 3.78. The molecule has 0 bridgehead atoms. The molecule has 1 saturated carbocycles. The van der Waals surface area contributed by atoms with Crippen molar-refractivity contribution < 1.29 is 9.59 Å². The van der Waals surface area contributed by atoms with Crippen molar-refractivity contribution in [3.05, 3.63) is 0 Å². The van der Waals surface area contributed by atoms with Crippen molar-refractivity contribution in [3.63, 3.8) is 0 Å². The predicted octanol–water partition coefficient (Wildman–Crippen LogP) is 1.70. The Morgan fingerprint density at radius 1 is 1.11 bits per heavy atom. The van der Waals surface area contributed by atoms with Crippen LogP contribution in [0.15, 0.2) is 0 Å². The summed E-state index contributed by atoms with van der Waals surface area (Å²) in [5.41, 5.74) is 0. The van der Waals surface area contributed by atoms with Crippen LogP contribution in [0.2, 0.25) is 0 Å². The molecule has 0 heterocycles. The largest absolute Gasteiger partial charge is 0.356 e. The summed E-state index contributed by atoms with van der Waals surface area (Å²) in [6.45, 7) is 7.81. The number of unbranched alkanes of at least 4 members (excludes halogenated alkanes) is 1. The summed E-state index contributed by atoms with van der Waals surface area (Å²) in [4.78, 5) is 23.4. The zero-order valence-corrected chi connectivity index (χ0v) is 11.8. The van der Waals surface area contributed by atoms with Crippen LogP contribution < -0.4 is 10.6 Å². The minimum atomic E-state index is -0.0845. The van der Waals surface area contributed by atoms with Crippen molar-refractivity contribution in [2.45, 2.75) is 46.5 Å². The summed E-state index contributed by atoms with van der Waals surface area (Å²) >= 11 is 0. The minimum Gasteiger partial charge on any atom is -0.356 e. The molecule has 2 unspecified atom stereocenters. The Morgan fingerprint density at radius 3 is 2.17 bits per heavy atom. The number of rotatable bonds is 8. The highest BCUT2D eigenvalue weighted by molar-refractivity contribution is 5.92. The third kappa shape index (κ3) is 5.07. The van der Waals surface area contributed by atoms with E-state index in [1.165, 1.54) is 0 Å². The lowest BCUT2D eigenvalue weighted by Gasteiger charge is -2.07. The first-order valence-electron chi connectivity index (χ1n) is 7.11. The van der Waals surface area contributed by atoms with Crippen molar-refractivity contribution in [2.75, 3.05) is 13.1 Å². The van der Waals surface area contributed by atoms with Gasteiger partial charge in [-0.25, -0.2) is 0 Å². The molecule has 18 heavy (non-hydrogen) atoms. The predicted molar refractivity (Wildman–Crippen MR) is 72.0 cm³/mol. The van der Waals surface area contributed by atoms with Gasteiger partial charge in [0.05, 0.1) is 11.8 Å². The maximum atomic E-state index is 11.7. The number of carbonyl (C=O) groups is 2. The molecule has 0 aromatic carbocycles. The molecule has 1 aliphatic carbocycles. The quantitative estimate of drug-likeness (QED) is 0.648. The van der Waals surface area contributed by atoms with E-state index in [0.29, 0.717) is 12.3 Å². The Labute approximate surface area is 110 Å². The lowest BCUT2D eigenvalue weighted by Crippen LogP contribution is -2.31. The van der Waals surface area contributed by atoms with Gasteiger partial charge in [0, 0.05) is 13.1 Å². The standard InChI is InChI=1S/C14H26N2O2/c1-4-5-7-15-13(17)11-9-12(11)14(18)16-8-6-10(2)3/h10-12H,4-9H2,1-3H3,(H,15,17)(H,16,18). The van der Waals surface area contributed by atoms with Gasteiger partial charge in [-0.3, -0.25) is 9.59 Å². The van der Waals surface area contributed by atoms with Crippen molar-refractivity contribution in [2.24, 2.45) is 17.8 Å². The van der Waals surface area contributed by atoms with Crippen LogP contribution in [0.25, 0.3) is 0 Å². The number of nitrogens with one attached hydrogen (secondary N) is 2. The normalized spacial score (nSPS) is 21.8. The second-order valence-corrected chi connectivity index (χ2v) is 5.57. The zero-order chi connectivity index (χ0) is 13.5. The molecule has 4 heteroatoms. The van der Waals surface area contributed by atoms with Gasteiger partial charge in [-0.2, -0.15) is 0 Å². The van der Waals surface area contributed by atoms with Gasteiger partial charge in [0.25, 0.3) is 0 Å². The third-order valence-corrected chi connectivity index (χ3v) is 3.31. The van der Waals surface area contributed by atoms with Crippen LogP contribution in [-0.2, 0) is 9.59 Å². The van der Waals surface area contributed by atoms with Gasteiger partial charge in [-0.05, 0) is 25.2 Å². The zero-order valence-electron chi connectivity index (χ0n) is 11.8. The maximum absolute atomic E-state index is 11.7. The highest BCUT2D eigenvalue weighted by atomic mass is 16.2. The first kappa shape index (κ1) is 15.0. The first-order chi connectivity index (χ1) is 8.56. The minimum absolute atomic E-state index is 0.0475. The van der Waals surface area contributed by atoms with Crippen LogP contribution >= 0.6 is 0 Å². The van der Waals surface area contributed by atoms with Gasteiger partial charge in [0.1, 0.15) is 0 Å². The fraction of sp³-hybridized carbons (Fsp3) is 0.857. The van der Waals surface area contributed by atoms with Gasteiger partial charge in [0.15, 0.2) is 0 Å². The molecule has 1 fully saturated rings. The number of carbonyl (C=O) groups excluding carboxylic acids is 2. The smallest absolute Gasteiger partial charge is 0.223 e. The van der Waals surface area contributed by atoms with Gasteiger partial charge in [-0.15, -0.1) is 0 Å². The number of hydrogen-bond donors (Lipinski definition) is 2. The van der Waals surface area contributed by atoms with E-state index in [1.807, 2.05) is 0 Å². The Balaban J connectivity index is 2.14. The Bertz CT molecular complexity index is 290. The SMILES string of the molecule is CCCCNC(=O)C1CC1C(=O)NCCC(C)C. The molecule has 0 aromatic rings. The Kier molecular flexibility index (Phi) is 6.16. The summed E-state index contributed by atoms with van der Waals surface area (Å²) in [5.74, 6) is 0.524. The first-order valence-corrected chi connectivity index (χ1v) is 7.11. The fourth-order valence-electron chi connectivity index (χ4n) is 1.91. The van der Waals surface area contributed by atoms with Gasteiger partial charge in [0.2, 0.25) is 11.8 Å². The number of hydrogen-bond acceptors (Lipinski definition) is 2. The summed E-state index contributed by atoms with van der Waals surface area (Å²) < 4.78 is 0. The molecule has 1 aliphatic rings. The van der Waals surface area contributed by atoms with Crippen LogP contribution in [0.3, 0.4) is 0 Å². The topological polar surface area (TPSA) is 58.2 Å². The maximum Gasteiger partial charge on any atom is 0.223 e. The van der Waals surface area contributed by atoms with Crippen LogP contribution in [0.4, 0.5) is 0 Å². The Hall–Kier alpha value is -1.06. The highest BCUT2D eigenvalue weighted by Gasteiger charge is 2.47. The molecule has 2 atom stereocenters.